The van der Waals surface area contributed by atoms with Gasteiger partial charge in [0.05, 0.1) is 19.9 Å². The summed E-state index contributed by atoms with van der Waals surface area (Å²) in [4.78, 5) is 32.3. The number of benzene rings is 2. The van der Waals surface area contributed by atoms with Gasteiger partial charge < -0.3 is 24.2 Å². The van der Waals surface area contributed by atoms with E-state index in [1.807, 2.05) is 41.3 Å². The predicted octanol–water partition coefficient (Wildman–Crippen LogP) is 4.00. The van der Waals surface area contributed by atoms with Crippen LogP contribution < -0.4 is 14.4 Å². The van der Waals surface area contributed by atoms with Crippen LogP contribution in [0, 0.1) is 5.92 Å². The standard InChI is InChI=1S/C30H37N5O4/c1-5-22(2)20-35(30(37)24-9-7-11-26(19-24)39-4)21-29(36)34-16-14-33(15-17-34)28-13-12-27(31-32-28)23-8-6-10-25(18-23)38-3/h6-13,18-19,22H,5,14-17,20-21H2,1-4H3/t22-/m0/s1. The molecule has 39 heavy (non-hydrogen) atoms. The monoisotopic (exact) mass is 531 g/mol. The van der Waals surface area contributed by atoms with Crippen LogP contribution in [0.4, 0.5) is 5.82 Å². The summed E-state index contributed by atoms with van der Waals surface area (Å²) in [5, 5.41) is 8.84. The summed E-state index contributed by atoms with van der Waals surface area (Å²) >= 11 is 0. The molecule has 2 amide bonds. The molecular weight excluding hydrogens is 494 g/mol. The smallest absolute Gasteiger partial charge is 0.254 e. The van der Waals surface area contributed by atoms with E-state index in [1.54, 1.807) is 43.4 Å². The molecule has 2 aromatic carbocycles. The highest BCUT2D eigenvalue weighted by Crippen LogP contribution is 2.23. The summed E-state index contributed by atoms with van der Waals surface area (Å²) in [5.74, 6) is 2.24. The summed E-state index contributed by atoms with van der Waals surface area (Å²) in [5.41, 5.74) is 2.23. The zero-order chi connectivity index (χ0) is 27.8. The first-order valence-electron chi connectivity index (χ1n) is 13.4. The highest BCUT2D eigenvalue weighted by molar-refractivity contribution is 5.97. The molecule has 4 rings (SSSR count). The van der Waals surface area contributed by atoms with Gasteiger partial charge in [-0.2, -0.15) is 0 Å². The topological polar surface area (TPSA) is 88.1 Å². The van der Waals surface area contributed by atoms with Crippen LogP contribution in [0.15, 0.2) is 60.7 Å². The highest BCUT2D eigenvalue weighted by Gasteiger charge is 2.27. The Morgan fingerprint density at radius 1 is 0.923 bits per heavy atom. The SMILES string of the molecule is CC[C@H](C)CN(CC(=O)N1CCN(c2ccc(-c3cccc(OC)c3)nn2)CC1)C(=O)c1cccc(OC)c1. The number of ether oxygens (including phenoxy) is 2. The Morgan fingerprint density at radius 2 is 1.62 bits per heavy atom. The molecule has 2 heterocycles. The van der Waals surface area contributed by atoms with Gasteiger partial charge in [0.2, 0.25) is 5.91 Å². The molecule has 3 aromatic rings. The first-order valence-corrected chi connectivity index (χ1v) is 13.4. The van der Waals surface area contributed by atoms with Gasteiger partial charge in [0.25, 0.3) is 5.91 Å². The van der Waals surface area contributed by atoms with Crippen molar-refractivity contribution in [3.63, 3.8) is 0 Å². The number of methoxy groups -OCH3 is 2. The van der Waals surface area contributed by atoms with Crippen LogP contribution in [0.5, 0.6) is 11.5 Å². The Labute approximate surface area is 230 Å². The van der Waals surface area contributed by atoms with Gasteiger partial charge in [-0.05, 0) is 48.4 Å². The fraction of sp³-hybridized carbons (Fsp3) is 0.400. The highest BCUT2D eigenvalue weighted by atomic mass is 16.5. The molecule has 1 saturated heterocycles. The Balaban J connectivity index is 1.37. The lowest BCUT2D eigenvalue weighted by atomic mass is 10.1. The van der Waals surface area contributed by atoms with E-state index in [0.29, 0.717) is 44.0 Å². The van der Waals surface area contributed by atoms with Crippen LogP contribution in [0.3, 0.4) is 0 Å². The van der Waals surface area contributed by atoms with Gasteiger partial charge in [-0.15, -0.1) is 10.2 Å². The summed E-state index contributed by atoms with van der Waals surface area (Å²) in [7, 11) is 3.21. The summed E-state index contributed by atoms with van der Waals surface area (Å²) in [6.07, 6.45) is 0.923. The van der Waals surface area contributed by atoms with Gasteiger partial charge in [0.1, 0.15) is 18.0 Å². The van der Waals surface area contributed by atoms with Gasteiger partial charge in [-0.25, -0.2) is 0 Å². The Bertz CT molecular complexity index is 1260. The number of aromatic nitrogens is 2. The number of carbonyl (C=O) groups is 2. The summed E-state index contributed by atoms with van der Waals surface area (Å²) in [6.45, 7) is 7.16. The second kappa shape index (κ2) is 13.1. The molecule has 0 bridgehead atoms. The minimum Gasteiger partial charge on any atom is -0.497 e. The van der Waals surface area contributed by atoms with Gasteiger partial charge in [0, 0.05) is 43.9 Å². The third-order valence-electron chi connectivity index (χ3n) is 7.13. The van der Waals surface area contributed by atoms with Gasteiger partial charge >= 0.3 is 0 Å². The van der Waals surface area contributed by atoms with Crippen molar-refractivity contribution >= 4 is 17.6 Å². The van der Waals surface area contributed by atoms with Crippen molar-refractivity contribution in [1.82, 2.24) is 20.0 Å². The van der Waals surface area contributed by atoms with Crippen molar-refractivity contribution in [3.8, 4) is 22.8 Å². The maximum atomic E-state index is 13.4. The molecule has 1 aromatic heterocycles. The van der Waals surface area contributed by atoms with Crippen molar-refractivity contribution in [3.05, 3.63) is 66.2 Å². The maximum absolute atomic E-state index is 13.4. The minimum absolute atomic E-state index is 0.0475. The largest absolute Gasteiger partial charge is 0.497 e. The van der Waals surface area contributed by atoms with Crippen LogP contribution in [0.2, 0.25) is 0 Å². The van der Waals surface area contributed by atoms with E-state index in [0.717, 1.165) is 29.2 Å². The average molecular weight is 532 g/mol. The first-order chi connectivity index (χ1) is 18.9. The molecule has 0 saturated carbocycles. The molecule has 1 fully saturated rings. The number of hydrogen-bond acceptors (Lipinski definition) is 7. The Morgan fingerprint density at radius 3 is 2.26 bits per heavy atom. The van der Waals surface area contributed by atoms with Crippen molar-refractivity contribution in [1.29, 1.82) is 0 Å². The first kappa shape index (κ1) is 27.9. The van der Waals surface area contributed by atoms with E-state index in [2.05, 4.69) is 28.9 Å². The molecule has 0 spiro atoms. The fourth-order valence-electron chi connectivity index (χ4n) is 4.54. The third kappa shape index (κ3) is 7.04. The maximum Gasteiger partial charge on any atom is 0.254 e. The van der Waals surface area contributed by atoms with E-state index in [-0.39, 0.29) is 24.3 Å². The number of nitrogens with zero attached hydrogens (tertiary/aromatic N) is 5. The second-order valence-corrected chi connectivity index (χ2v) is 9.81. The van der Waals surface area contributed by atoms with E-state index in [1.165, 1.54) is 0 Å². The fourth-order valence-corrected chi connectivity index (χ4v) is 4.54. The number of piperazine rings is 1. The number of amides is 2. The van der Waals surface area contributed by atoms with Crippen molar-refractivity contribution in [2.24, 2.45) is 5.92 Å². The average Bonchev–Trinajstić information content (AvgIpc) is 3.00. The predicted molar refractivity (Wildman–Crippen MR) is 151 cm³/mol. The lowest BCUT2D eigenvalue weighted by Crippen LogP contribution is -2.52. The molecule has 1 atom stereocenters. The van der Waals surface area contributed by atoms with Crippen molar-refractivity contribution in [2.75, 3.05) is 58.4 Å². The number of hydrogen-bond donors (Lipinski definition) is 0. The Hall–Kier alpha value is -4.14. The van der Waals surface area contributed by atoms with Gasteiger partial charge in [-0.3, -0.25) is 9.59 Å². The molecule has 0 aliphatic carbocycles. The number of anilines is 1. The normalized spacial score (nSPS) is 14.1. The van der Waals surface area contributed by atoms with E-state index in [9.17, 15) is 9.59 Å². The van der Waals surface area contributed by atoms with Crippen LogP contribution in [-0.2, 0) is 4.79 Å². The van der Waals surface area contributed by atoms with E-state index < -0.39 is 0 Å². The van der Waals surface area contributed by atoms with Crippen LogP contribution in [0.1, 0.15) is 30.6 Å². The summed E-state index contributed by atoms with van der Waals surface area (Å²) < 4.78 is 10.6. The van der Waals surface area contributed by atoms with E-state index in [4.69, 9.17) is 9.47 Å². The molecule has 9 heteroatoms. The Kier molecular flexibility index (Phi) is 9.35. The molecule has 1 aliphatic heterocycles. The molecule has 9 nitrogen and oxygen atoms in total. The van der Waals surface area contributed by atoms with Crippen LogP contribution in [0.25, 0.3) is 11.3 Å². The van der Waals surface area contributed by atoms with E-state index >= 15 is 0 Å². The molecule has 206 valence electrons. The van der Waals surface area contributed by atoms with Gasteiger partial charge in [0.15, 0.2) is 5.82 Å². The molecule has 0 N–H and O–H groups in total. The molecule has 1 aliphatic rings. The summed E-state index contributed by atoms with van der Waals surface area (Å²) in [6, 6.07) is 18.7. The molecule has 0 radical (unpaired) electrons. The molecule has 0 unspecified atom stereocenters. The zero-order valence-corrected chi connectivity index (χ0v) is 23.2. The quantitative estimate of drug-likeness (QED) is 0.391. The van der Waals surface area contributed by atoms with Crippen LogP contribution >= 0.6 is 0 Å². The molecular formula is C30H37N5O4. The number of carbonyl (C=O) groups excluding carboxylic acids is 2. The van der Waals surface area contributed by atoms with Crippen LogP contribution in [-0.4, -0.2) is 85.3 Å². The second-order valence-electron chi connectivity index (χ2n) is 9.81. The number of rotatable bonds is 10. The minimum atomic E-state index is -0.160. The van der Waals surface area contributed by atoms with Crippen molar-refractivity contribution < 1.29 is 19.1 Å². The third-order valence-corrected chi connectivity index (χ3v) is 7.13. The zero-order valence-electron chi connectivity index (χ0n) is 23.2. The lowest BCUT2D eigenvalue weighted by Gasteiger charge is -2.36. The van der Waals surface area contributed by atoms with Gasteiger partial charge in [-0.1, -0.05) is 38.5 Å². The van der Waals surface area contributed by atoms with Crippen molar-refractivity contribution in [2.45, 2.75) is 20.3 Å². The lowest BCUT2D eigenvalue weighted by molar-refractivity contribution is -0.132.